The fourth-order valence-electron chi connectivity index (χ4n) is 3.05. The number of fused-ring (bicyclic) bond motifs is 2. The second-order valence-electron chi connectivity index (χ2n) is 6.58. The van der Waals surface area contributed by atoms with Crippen LogP contribution in [0.5, 0.6) is 5.75 Å². The first kappa shape index (κ1) is 18.0. The molecule has 1 aliphatic rings. The molecule has 0 aliphatic carbocycles. The predicted octanol–water partition coefficient (Wildman–Crippen LogP) is 4.06. The molecule has 0 fully saturated rings. The summed E-state index contributed by atoms with van der Waals surface area (Å²) in [6.45, 7) is 1.49. The van der Waals surface area contributed by atoms with Crippen molar-refractivity contribution in [1.82, 2.24) is 4.90 Å². The highest BCUT2D eigenvalue weighted by molar-refractivity contribution is 5.88. The Morgan fingerprint density at radius 2 is 2.00 bits per heavy atom. The molecule has 0 bridgehead atoms. The van der Waals surface area contributed by atoms with Crippen LogP contribution in [0.1, 0.15) is 28.7 Å². The number of hydrogen-bond donors (Lipinski definition) is 1. The quantitative estimate of drug-likeness (QED) is 0.827. The van der Waals surface area contributed by atoms with E-state index in [2.05, 4.69) is 37.2 Å². The lowest BCUT2D eigenvalue weighted by molar-refractivity contribution is -0.131. The second-order valence-corrected chi connectivity index (χ2v) is 6.58. The van der Waals surface area contributed by atoms with Gasteiger partial charge in [-0.05, 0) is 61.0 Å². The summed E-state index contributed by atoms with van der Waals surface area (Å²) in [7, 11) is 4.12. The van der Waals surface area contributed by atoms with Crippen LogP contribution in [0.25, 0.3) is 11.6 Å². The van der Waals surface area contributed by atoms with E-state index < -0.39 is 5.97 Å². The maximum atomic E-state index is 10.8. The van der Waals surface area contributed by atoms with E-state index in [1.165, 1.54) is 5.56 Å². The van der Waals surface area contributed by atoms with Crippen LogP contribution in [0.3, 0.4) is 0 Å². The van der Waals surface area contributed by atoms with Gasteiger partial charge in [-0.2, -0.15) is 0 Å². The van der Waals surface area contributed by atoms with Crippen molar-refractivity contribution in [2.75, 3.05) is 20.6 Å². The molecule has 0 amide bonds. The first-order valence-electron chi connectivity index (χ1n) is 8.66. The fourth-order valence-corrected chi connectivity index (χ4v) is 3.05. The van der Waals surface area contributed by atoms with E-state index in [0.717, 1.165) is 47.1 Å². The summed E-state index contributed by atoms with van der Waals surface area (Å²) in [5.74, 6) is -0.131. The van der Waals surface area contributed by atoms with Crippen LogP contribution >= 0.6 is 0 Å². The Balaban J connectivity index is 2.08. The minimum absolute atomic E-state index is 0.526. The smallest absolute Gasteiger partial charge is 0.328 e. The van der Waals surface area contributed by atoms with Gasteiger partial charge in [-0.1, -0.05) is 36.4 Å². The Hall–Kier alpha value is -2.85. The van der Waals surface area contributed by atoms with E-state index in [-0.39, 0.29) is 0 Å². The van der Waals surface area contributed by atoms with E-state index >= 15 is 0 Å². The van der Waals surface area contributed by atoms with Crippen molar-refractivity contribution in [3.05, 3.63) is 76.9 Å². The number of ether oxygens (including phenoxy) is 1. The van der Waals surface area contributed by atoms with Crippen molar-refractivity contribution in [1.29, 1.82) is 0 Å². The highest BCUT2D eigenvalue weighted by Crippen LogP contribution is 2.37. The Morgan fingerprint density at radius 1 is 1.19 bits per heavy atom. The summed E-state index contributed by atoms with van der Waals surface area (Å²) in [5, 5.41) is 8.88. The van der Waals surface area contributed by atoms with Crippen LogP contribution in [0.4, 0.5) is 0 Å². The van der Waals surface area contributed by atoms with Gasteiger partial charge < -0.3 is 14.7 Å². The predicted molar refractivity (Wildman–Crippen MR) is 104 cm³/mol. The van der Waals surface area contributed by atoms with Gasteiger partial charge in [-0.25, -0.2) is 4.79 Å². The molecule has 0 unspecified atom stereocenters. The summed E-state index contributed by atoms with van der Waals surface area (Å²) in [6, 6.07) is 14.1. The van der Waals surface area contributed by atoms with Crippen LogP contribution in [0.15, 0.2) is 54.6 Å². The van der Waals surface area contributed by atoms with E-state index in [4.69, 9.17) is 9.84 Å². The van der Waals surface area contributed by atoms with Gasteiger partial charge in [0.15, 0.2) is 0 Å². The molecular weight excluding hydrogens is 326 g/mol. The molecule has 0 radical (unpaired) electrons. The van der Waals surface area contributed by atoms with Crippen LogP contribution in [-0.4, -0.2) is 36.6 Å². The maximum absolute atomic E-state index is 10.8. The molecule has 134 valence electrons. The summed E-state index contributed by atoms with van der Waals surface area (Å²) in [6.07, 6.45) is 5.93. The molecular formula is C22H23NO3. The SMILES string of the molecule is CN(C)CC/C=C1\c2ccccc2COc2ccc(/C=C/C(=O)O)cc21. The van der Waals surface area contributed by atoms with Gasteiger partial charge in [0, 0.05) is 18.2 Å². The molecule has 0 saturated heterocycles. The van der Waals surface area contributed by atoms with Gasteiger partial charge in [0.05, 0.1) is 0 Å². The van der Waals surface area contributed by atoms with Gasteiger partial charge in [0.25, 0.3) is 0 Å². The minimum Gasteiger partial charge on any atom is -0.488 e. The van der Waals surface area contributed by atoms with E-state index in [9.17, 15) is 4.79 Å². The molecule has 2 aromatic rings. The van der Waals surface area contributed by atoms with Crippen molar-refractivity contribution < 1.29 is 14.6 Å². The monoisotopic (exact) mass is 349 g/mol. The highest BCUT2D eigenvalue weighted by Gasteiger charge is 2.19. The van der Waals surface area contributed by atoms with Crippen molar-refractivity contribution in [3.63, 3.8) is 0 Å². The number of aliphatic carboxylic acids is 1. The molecule has 4 nitrogen and oxygen atoms in total. The van der Waals surface area contributed by atoms with Gasteiger partial charge in [-0.3, -0.25) is 0 Å². The first-order valence-corrected chi connectivity index (χ1v) is 8.66. The maximum Gasteiger partial charge on any atom is 0.328 e. The zero-order valence-electron chi connectivity index (χ0n) is 15.1. The van der Waals surface area contributed by atoms with Crippen molar-refractivity contribution in [3.8, 4) is 5.75 Å². The minimum atomic E-state index is -0.955. The summed E-state index contributed by atoms with van der Waals surface area (Å²) >= 11 is 0. The Bertz CT molecular complexity index is 865. The number of carboxylic acid groups (broad SMARTS) is 1. The number of rotatable bonds is 5. The van der Waals surface area contributed by atoms with Gasteiger partial charge >= 0.3 is 5.97 Å². The Kier molecular flexibility index (Phi) is 5.54. The fraction of sp³-hybridized carbons (Fsp3) is 0.227. The Morgan fingerprint density at radius 3 is 2.77 bits per heavy atom. The summed E-state index contributed by atoms with van der Waals surface area (Å²) < 4.78 is 6.02. The highest BCUT2D eigenvalue weighted by atomic mass is 16.5. The third-order valence-corrected chi connectivity index (χ3v) is 4.33. The molecule has 0 saturated carbocycles. The second kappa shape index (κ2) is 8.02. The number of nitrogens with zero attached hydrogens (tertiary/aromatic N) is 1. The topological polar surface area (TPSA) is 49.8 Å². The van der Waals surface area contributed by atoms with Crippen molar-refractivity contribution in [2.24, 2.45) is 0 Å². The average Bonchev–Trinajstić information content (AvgIpc) is 2.77. The van der Waals surface area contributed by atoms with Gasteiger partial charge in [0.1, 0.15) is 12.4 Å². The average molecular weight is 349 g/mol. The van der Waals surface area contributed by atoms with Crippen LogP contribution < -0.4 is 4.74 Å². The van der Waals surface area contributed by atoms with Crippen LogP contribution in [0.2, 0.25) is 0 Å². The summed E-state index contributed by atoms with van der Waals surface area (Å²) in [5.41, 5.74) is 5.31. The van der Waals surface area contributed by atoms with E-state index in [0.29, 0.717) is 6.61 Å². The molecule has 2 aromatic carbocycles. The van der Waals surface area contributed by atoms with Crippen LogP contribution in [0, 0.1) is 0 Å². The molecule has 0 aromatic heterocycles. The molecule has 3 rings (SSSR count). The largest absolute Gasteiger partial charge is 0.488 e. The standard InChI is InChI=1S/C22H23NO3/c1-23(2)13-5-8-19-18-7-4-3-6-17(18)15-26-21-11-9-16(14-20(19)21)10-12-22(24)25/h3-4,6-12,14H,5,13,15H2,1-2H3,(H,24,25)/b12-10+,19-8+. The van der Waals surface area contributed by atoms with Gasteiger partial charge in [0.2, 0.25) is 0 Å². The molecule has 1 heterocycles. The van der Waals surface area contributed by atoms with E-state index in [1.807, 2.05) is 30.3 Å². The first-order chi connectivity index (χ1) is 12.5. The molecule has 0 spiro atoms. The van der Waals surface area contributed by atoms with Crippen molar-refractivity contribution in [2.45, 2.75) is 13.0 Å². The number of carbonyl (C=O) groups is 1. The zero-order valence-corrected chi connectivity index (χ0v) is 15.1. The summed E-state index contributed by atoms with van der Waals surface area (Å²) in [4.78, 5) is 13.0. The number of hydrogen-bond acceptors (Lipinski definition) is 3. The van der Waals surface area contributed by atoms with Crippen LogP contribution in [-0.2, 0) is 11.4 Å². The van der Waals surface area contributed by atoms with Gasteiger partial charge in [-0.15, -0.1) is 0 Å². The number of carboxylic acids is 1. The van der Waals surface area contributed by atoms with Crippen molar-refractivity contribution >= 4 is 17.6 Å². The molecule has 1 N–H and O–H groups in total. The zero-order chi connectivity index (χ0) is 18.5. The third kappa shape index (κ3) is 4.21. The lowest BCUT2D eigenvalue weighted by Gasteiger charge is -2.13. The Labute approximate surface area is 154 Å². The molecule has 0 atom stereocenters. The third-order valence-electron chi connectivity index (χ3n) is 4.33. The van der Waals surface area contributed by atoms with E-state index in [1.54, 1.807) is 6.08 Å². The normalized spacial score (nSPS) is 14.8. The lowest BCUT2D eigenvalue weighted by atomic mass is 9.92. The molecule has 1 aliphatic heterocycles. The molecule has 26 heavy (non-hydrogen) atoms. The molecule has 4 heteroatoms. The lowest BCUT2D eigenvalue weighted by Crippen LogP contribution is -2.12. The number of benzene rings is 2.